The molecule has 0 radical (unpaired) electrons. The van der Waals surface area contributed by atoms with Crippen molar-refractivity contribution in [2.75, 3.05) is 4.90 Å². The van der Waals surface area contributed by atoms with Crippen LogP contribution in [0.4, 0.5) is 10.1 Å². The van der Waals surface area contributed by atoms with Crippen LogP contribution in [-0.4, -0.2) is 17.6 Å². The summed E-state index contributed by atoms with van der Waals surface area (Å²) >= 11 is 3.21. The van der Waals surface area contributed by atoms with Gasteiger partial charge in [0.05, 0.1) is 4.47 Å². The van der Waals surface area contributed by atoms with E-state index in [1.54, 1.807) is 12.1 Å². The van der Waals surface area contributed by atoms with Crippen molar-refractivity contribution in [3.8, 4) is 0 Å². The van der Waals surface area contributed by atoms with Crippen molar-refractivity contribution in [3.05, 3.63) is 28.5 Å². The van der Waals surface area contributed by atoms with Crippen LogP contribution in [0, 0.1) is 5.82 Å². The van der Waals surface area contributed by atoms with Crippen LogP contribution in [-0.2, 0) is 0 Å². The van der Waals surface area contributed by atoms with Gasteiger partial charge in [-0.05, 0) is 59.8 Å². The maximum absolute atomic E-state index is 13.5. The van der Waals surface area contributed by atoms with E-state index in [9.17, 15) is 4.39 Å². The number of anilines is 1. The molecular weight excluding hydrogens is 337 g/mol. The third-order valence-corrected chi connectivity index (χ3v) is 4.62. The summed E-state index contributed by atoms with van der Waals surface area (Å²) in [5, 5.41) is 0. The van der Waals surface area contributed by atoms with Crippen molar-refractivity contribution < 1.29 is 4.39 Å². The predicted octanol–water partition coefficient (Wildman–Crippen LogP) is 2.70. The number of hydrogen-bond donors (Lipinski definition) is 2. The lowest BCUT2D eigenvalue weighted by molar-refractivity contribution is 0.305. The first-order valence-electron chi connectivity index (χ1n) is 6.97. The zero-order chi connectivity index (χ0) is 15.0. The molecule has 0 aromatic heterocycles. The third-order valence-electron chi connectivity index (χ3n) is 4.01. The van der Waals surface area contributed by atoms with Crippen LogP contribution in [0.5, 0.6) is 0 Å². The number of rotatable bonds is 1. The topological polar surface area (TPSA) is 80.0 Å². The van der Waals surface area contributed by atoms with Crippen molar-refractivity contribution in [1.82, 2.24) is 0 Å². The SMILES string of the molecule is NC1=NC2(CCCCC2)N(c2ccc(F)c(Br)c2)C(N)=N1. The molecule has 0 bridgehead atoms. The molecule has 1 spiro atoms. The molecule has 0 amide bonds. The number of aliphatic imine (C=N–C) groups is 2. The second-order valence-electron chi connectivity index (χ2n) is 5.42. The Morgan fingerprint density at radius 3 is 2.57 bits per heavy atom. The van der Waals surface area contributed by atoms with E-state index in [1.165, 1.54) is 12.5 Å². The molecule has 1 saturated carbocycles. The standard InChI is InChI=1S/C14H17BrFN5/c15-10-8-9(4-5-11(10)16)21-13(18)19-12(17)20-14(21)6-2-1-3-7-14/h4-5,8H,1-3,6-7H2,(H4,17,18,19,20). The molecule has 0 atom stereocenters. The zero-order valence-electron chi connectivity index (χ0n) is 11.5. The lowest BCUT2D eigenvalue weighted by Gasteiger charge is -2.45. The molecule has 5 nitrogen and oxygen atoms in total. The Labute approximate surface area is 131 Å². The Hall–Kier alpha value is -1.63. The molecule has 2 aliphatic rings. The quantitative estimate of drug-likeness (QED) is 0.814. The van der Waals surface area contributed by atoms with Crippen LogP contribution in [0.1, 0.15) is 32.1 Å². The molecule has 1 heterocycles. The summed E-state index contributed by atoms with van der Waals surface area (Å²) in [5.41, 5.74) is 12.2. The molecule has 1 aromatic rings. The Balaban J connectivity index is 2.08. The molecule has 1 aromatic carbocycles. The largest absolute Gasteiger partial charge is 0.369 e. The molecule has 0 unspecified atom stereocenters. The summed E-state index contributed by atoms with van der Waals surface area (Å²) in [6.45, 7) is 0. The molecule has 112 valence electrons. The highest BCUT2D eigenvalue weighted by molar-refractivity contribution is 9.10. The maximum Gasteiger partial charge on any atom is 0.220 e. The predicted molar refractivity (Wildman–Crippen MR) is 85.6 cm³/mol. The fourth-order valence-electron chi connectivity index (χ4n) is 3.12. The highest BCUT2D eigenvalue weighted by Crippen LogP contribution is 2.40. The van der Waals surface area contributed by atoms with Gasteiger partial charge in [0.2, 0.25) is 11.9 Å². The normalized spacial score (nSPS) is 21.1. The van der Waals surface area contributed by atoms with Gasteiger partial charge in [-0.1, -0.05) is 6.42 Å². The van der Waals surface area contributed by atoms with E-state index in [2.05, 4.69) is 25.9 Å². The highest BCUT2D eigenvalue weighted by Gasteiger charge is 2.42. The summed E-state index contributed by atoms with van der Waals surface area (Å²) in [7, 11) is 0. The first kappa shape index (κ1) is 14.3. The molecule has 1 aliphatic heterocycles. The van der Waals surface area contributed by atoms with E-state index in [-0.39, 0.29) is 11.8 Å². The highest BCUT2D eigenvalue weighted by atomic mass is 79.9. The minimum atomic E-state index is -0.495. The molecule has 0 saturated heterocycles. The molecule has 4 N–H and O–H groups in total. The first-order chi connectivity index (χ1) is 10.0. The van der Waals surface area contributed by atoms with Crippen LogP contribution in [0.3, 0.4) is 0 Å². The van der Waals surface area contributed by atoms with Gasteiger partial charge in [-0.2, -0.15) is 4.99 Å². The molecule has 7 heteroatoms. The summed E-state index contributed by atoms with van der Waals surface area (Å²) in [4.78, 5) is 10.5. The van der Waals surface area contributed by atoms with Gasteiger partial charge in [0.25, 0.3) is 0 Å². The van der Waals surface area contributed by atoms with Crippen molar-refractivity contribution in [3.63, 3.8) is 0 Å². The second kappa shape index (κ2) is 5.29. The Bertz CT molecular complexity index is 622. The number of guanidine groups is 2. The second-order valence-corrected chi connectivity index (χ2v) is 6.27. The third kappa shape index (κ3) is 2.50. The smallest absolute Gasteiger partial charge is 0.220 e. The van der Waals surface area contributed by atoms with Crippen molar-refractivity contribution >= 4 is 33.5 Å². The number of halogens is 2. The number of nitrogens with zero attached hydrogens (tertiary/aromatic N) is 3. The lowest BCUT2D eigenvalue weighted by atomic mass is 9.87. The summed E-state index contributed by atoms with van der Waals surface area (Å²) in [6.07, 6.45) is 5.01. The average molecular weight is 354 g/mol. The van der Waals surface area contributed by atoms with E-state index in [0.29, 0.717) is 10.4 Å². The van der Waals surface area contributed by atoms with Gasteiger partial charge >= 0.3 is 0 Å². The Morgan fingerprint density at radius 2 is 1.90 bits per heavy atom. The van der Waals surface area contributed by atoms with Crippen LogP contribution in [0.25, 0.3) is 0 Å². The van der Waals surface area contributed by atoms with Gasteiger partial charge in [0.1, 0.15) is 11.5 Å². The van der Waals surface area contributed by atoms with Gasteiger partial charge in [-0.3, -0.25) is 4.90 Å². The average Bonchev–Trinajstić information content (AvgIpc) is 2.42. The molecule has 1 aliphatic carbocycles. The van der Waals surface area contributed by atoms with E-state index in [1.807, 2.05) is 4.90 Å². The van der Waals surface area contributed by atoms with Gasteiger partial charge in [-0.15, -0.1) is 0 Å². The monoisotopic (exact) mass is 353 g/mol. The summed E-state index contributed by atoms with van der Waals surface area (Å²) in [5.74, 6) is 0.210. The van der Waals surface area contributed by atoms with Crippen LogP contribution >= 0.6 is 15.9 Å². The Kier molecular flexibility index (Phi) is 3.61. The summed E-state index contributed by atoms with van der Waals surface area (Å²) < 4.78 is 13.9. The molecular formula is C14H17BrFN5. The fraction of sp³-hybridized carbons (Fsp3) is 0.429. The van der Waals surface area contributed by atoms with Crippen LogP contribution < -0.4 is 16.4 Å². The van der Waals surface area contributed by atoms with E-state index >= 15 is 0 Å². The minimum absolute atomic E-state index is 0.215. The number of benzene rings is 1. The van der Waals surface area contributed by atoms with Crippen LogP contribution in [0.15, 0.2) is 32.7 Å². The molecule has 1 fully saturated rings. The lowest BCUT2D eigenvalue weighted by Crippen LogP contribution is -2.58. The Morgan fingerprint density at radius 1 is 1.19 bits per heavy atom. The van der Waals surface area contributed by atoms with Gasteiger partial charge in [-0.25, -0.2) is 9.38 Å². The van der Waals surface area contributed by atoms with Crippen LogP contribution in [0.2, 0.25) is 0 Å². The fourth-order valence-corrected chi connectivity index (χ4v) is 3.49. The molecule has 21 heavy (non-hydrogen) atoms. The maximum atomic E-state index is 13.5. The summed E-state index contributed by atoms with van der Waals surface area (Å²) in [6, 6.07) is 4.80. The van der Waals surface area contributed by atoms with E-state index < -0.39 is 5.66 Å². The van der Waals surface area contributed by atoms with Crippen molar-refractivity contribution in [2.24, 2.45) is 21.5 Å². The minimum Gasteiger partial charge on any atom is -0.369 e. The van der Waals surface area contributed by atoms with Crippen molar-refractivity contribution in [1.29, 1.82) is 0 Å². The number of nitrogens with two attached hydrogens (primary N) is 2. The van der Waals surface area contributed by atoms with Gasteiger partial charge < -0.3 is 11.5 Å². The van der Waals surface area contributed by atoms with E-state index in [0.717, 1.165) is 31.4 Å². The first-order valence-corrected chi connectivity index (χ1v) is 7.76. The number of hydrogen-bond acceptors (Lipinski definition) is 5. The van der Waals surface area contributed by atoms with Crippen molar-refractivity contribution in [2.45, 2.75) is 37.8 Å². The van der Waals surface area contributed by atoms with Gasteiger partial charge in [0, 0.05) is 5.69 Å². The zero-order valence-corrected chi connectivity index (χ0v) is 13.1. The van der Waals surface area contributed by atoms with Gasteiger partial charge in [0.15, 0.2) is 0 Å². The van der Waals surface area contributed by atoms with E-state index in [4.69, 9.17) is 11.5 Å². The molecule has 3 rings (SSSR count).